The highest BCUT2D eigenvalue weighted by atomic mass is 32.1. The van der Waals surface area contributed by atoms with Gasteiger partial charge in [-0.2, -0.15) is 0 Å². The van der Waals surface area contributed by atoms with E-state index < -0.39 is 5.60 Å². The van der Waals surface area contributed by atoms with Gasteiger partial charge in [0, 0.05) is 11.8 Å². The van der Waals surface area contributed by atoms with Gasteiger partial charge >= 0.3 is 0 Å². The minimum atomic E-state index is -0.520. The van der Waals surface area contributed by atoms with Gasteiger partial charge in [0.1, 0.15) is 0 Å². The fourth-order valence-electron chi connectivity index (χ4n) is 2.72. The summed E-state index contributed by atoms with van der Waals surface area (Å²) in [6.07, 6.45) is 6.04. The Morgan fingerprint density at radius 3 is 2.71 bits per heavy atom. The SMILES string of the molecule is Cc1nc(CC2(O)CCCC(C)(C)CC2)cs1. The third kappa shape index (κ3) is 3.52. The van der Waals surface area contributed by atoms with Gasteiger partial charge in [0.05, 0.1) is 16.3 Å². The van der Waals surface area contributed by atoms with Gasteiger partial charge in [0.2, 0.25) is 0 Å². The van der Waals surface area contributed by atoms with Crippen LogP contribution in [-0.2, 0) is 6.42 Å². The molecule has 1 aliphatic carbocycles. The Hall–Kier alpha value is -0.410. The van der Waals surface area contributed by atoms with Crippen molar-refractivity contribution in [2.45, 2.75) is 64.9 Å². The molecule has 0 amide bonds. The lowest BCUT2D eigenvalue weighted by molar-refractivity contribution is 0.0218. The van der Waals surface area contributed by atoms with Gasteiger partial charge in [-0.05, 0) is 38.0 Å². The van der Waals surface area contributed by atoms with Crippen LogP contribution in [0, 0.1) is 12.3 Å². The van der Waals surface area contributed by atoms with Gasteiger partial charge in [-0.25, -0.2) is 4.98 Å². The maximum absolute atomic E-state index is 10.7. The smallest absolute Gasteiger partial charge is 0.0897 e. The summed E-state index contributed by atoms with van der Waals surface area (Å²) in [6, 6.07) is 0. The van der Waals surface area contributed by atoms with Crippen LogP contribution in [0.2, 0.25) is 0 Å². The van der Waals surface area contributed by atoms with E-state index >= 15 is 0 Å². The summed E-state index contributed by atoms with van der Waals surface area (Å²) >= 11 is 1.67. The predicted octanol–water partition coefficient (Wildman–Crippen LogP) is 3.72. The average Bonchev–Trinajstić information content (AvgIpc) is 2.55. The molecule has 1 heterocycles. The van der Waals surface area contributed by atoms with Crippen molar-refractivity contribution in [2.24, 2.45) is 5.41 Å². The normalized spacial score (nSPS) is 28.9. The van der Waals surface area contributed by atoms with Gasteiger partial charge in [0.25, 0.3) is 0 Å². The first-order valence-corrected chi connectivity index (χ1v) is 7.40. The molecule has 3 heteroatoms. The molecule has 0 aromatic carbocycles. The fourth-order valence-corrected chi connectivity index (χ4v) is 3.33. The van der Waals surface area contributed by atoms with Crippen molar-refractivity contribution in [2.75, 3.05) is 0 Å². The van der Waals surface area contributed by atoms with E-state index in [0.29, 0.717) is 5.41 Å². The number of aliphatic hydroxyl groups is 1. The van der Waals surface area contributed by atoms with Gasteiger partial charge in [-0.15, -0.1) is 11.3 Å². The summed E-state index contributed by atoms with van der Waals surface area (Å²) in [5.74, 6) is 0. The van der Waals surface area contributed by atoms with Crippen LogP contribution in [0.4, 0.5) is 0 Å². The van der Waals surface area contributed by atoms with Crippen molar-refractivity contribution in [1.29, 1.82) is 0 Å². The first kappa shape index (κ1) is 13.0. The Kier molecular flexibility index (Phi) is 3.60. The zero-order chi connectivity index (χ0) is 12.5. The maximum atomic E-state index is 10.7. The number of hydrogen-bond donors (Lipinski definition) is 1. The molecule has 1 aromatic heterocycles. The molecule has 0 saturated heterocycles. The van der Waals surface area contributed by atoms with E-state index in [4.69, 9.17) is 0 Å². The highest BCUT2D eigenvalue weighted by molar-refractivity contribution is 7.09. The van der Waals surface area contributed by atoms with E-state index in [1.54, 1.807) is 11.3 Å². The van der Waals surface area contributed by atoms with Crippen molar-refractivity contribution in [3.8, 4) is 0 Å². The lowest BCUT2D eigenvalue weighted by Gasteiger charge is -2.27. The molecule has 1 fully saturated rings. The molecular formula is C14H23NOS. The van der Waals surface area contributed by atoms with Crippen LogP contribution in [0.15, 0.2) is 5.38 Å². The Morgan fingerprint density at radius 2 is 2.06 bits per heavy atom. The van der Waals surface area contributed by atoms with Gasteiger partial charge in [0.15, 0.2) is 0 Å². The van der Waals surface area contributed by atoms with E-state index in [2.05, 4.69) is 24.2 Å². The molecule has 2 nitrogen and oxygen atoms in total. The zero-order valence-electron chi connectivity index (χ0n) is 11.1. The number of hydrogen-bond acceptors (Lipinski definition) is 3. The second kappa shape index (κ2) is 4.69. The Labute approximate surface area is 108 Å². The number of aryl methyl sites for hydroxylation is 1. The van der Waals surface area contributed by atoms with Crippen LogP contribution < -0.4 is 0 Å². The molecule has 0 aliphatic heterocycles. The Morgan fingerprint density at radius 1 is 1.29 bits per heavy atom. The zero-order valence-corrected chi connectivity index (χ0v) is 11.9. The minimum absolute atomic E-state index is 0.391. The molecule has 1 atom stereocenters. The Bertz CT molecular complexity index is 385. The summed E-state index contributed by atoms with van der Waals surface area (Å²) in [4.78, 5) is 4.48. The molecule has 0 radical (unpaired) electrons. The highest BCUT2D eigenvalue weighted by Crippen LogP contribution is 2.39. The van der Waals surface area contributed by atoms with Crippen molar-refractivity contribution >= 4 is 11.3 Å². The van der Waals surface area contributed by atoms with Gasteiger partial charge in [-0.3, -0.25) is 0 Å². The van der Waals surface area contributed by atoms with Crippen LogP contribution >= 0.6 is 11.3 Å². The molecule has 1 aromatic rings. The van der Waals surface area contributed by atoms with Crippen LogP contribution in [0.25, 0.3) is 0 Å². The van der Waals surface area contributed by atoms with E-state index in [0.717, 1.165) is 42.8 Å². The van der Waals surface area contributed by atoms with Crippen LogP contribution in [0.3, 0.4) is 0 Å². The summed E-state index contributed by atoms with van der Waals surface area (Å²) in [5, 5.41) is 13.9. The van der Waals surface area contributed by atoms with Crippen molar-refractivity contribution in [3.05, 3.63) is 16.1 Å². The summed E-state index contributed by atoms with van der Waals surface area (Å²) < 4.78 is 0. The van der Waals surface area contributed by atoms with E-state index in [1.807, 2.05) is 6.92 Å². The number of rotatable bonds is 2. The minimum Gasteiger partial charge on any atom is -0.389 e. The lowest BCUT2D eigenvalue weighted by atomic mass is 9.83. The largest absolute Gasteiger partial charge is 0.389 e. The topological polar surface area (TPSA) is 33.1 Å². The van der Waals surface area contributed by atoms with Crippen molar-refractivity contribution in [3.63, 3.8) is 0 Å². The van der Waals surface area contributed by atoms with Gasteiger partial charge in [-0.1, -0.05) is 20.3 Å². The molecule has 0 spiro atoms. The highest BCUT2D eigenvalue weighted by Gasteiger charge is 2.34. The summed E-state index contributed by atoms with van der Waals surface area (Å²) in [5.41, 5.74) is 0.936. The molecule has 1 unspecified atom stereocenters. The average molecular weight is 253 g/mol. The fraction of sp³-hybridized carbons (Fsp3) is 0.786. The third-order valence-corrected chi connectivity index (χ3v) is 4.76. The molecule has 1 N–H and O–H groups in total. The molecule has 0 bridgehead atoms. The molecule has 96 valence electrons. The Balaban J connectivity index is 2.03. The molecule has 2 rings (SSSR count). The van der Waals surface area contributed by atoms with E-state index in [9.17, 15) is 5.11 Å². The predicted molar refractivity (Wildman–Crippen MR) is 72.4 cm³/mol. The third-order valence-electron chi connectivity index (χ3n) is 3.94. The standard InChI is InChI=1S/C14H23NOS/c1-11-15-12(10-17-11)9-14(16)6-4-5-13(2,3)7-8-14/h10,16H,4-9H2,1-3H3. The molecule has 17 heavy (non-hydrogen) atoms. The molecule has 1 saturated carbocycles. The summed E-state index contributed by atoms with van der Waals surface area (Å²) in [6.45, 7) is 6.64. The van der Waals surface area contributed by atoms with Crippen molar-refractivity contribution < 1.29 is 5.11 Å². The lowest BCUT2D eigenvalue weighted by Crippen LogP contribution is -2.31. The second-order valence-corrected chi connectivity index (χ2v) is 7.34. The second-order valence-electron chi connectivity index (χ2n) is 6.28. The first-order chi connectivity index (χ1) is 7.89. The number of aromatic nitrogens is 1. The van der Waals surface area contributed by atoms with Crippen molar-refractivity contribution in [1.82, 2.24) is 4.98 Å². The van der Waals surface area contributed by atoms with E-state index in [-0.39, 0.29) is 0 Å². The molecular weight excluding hydrogens is 230 g/mol. The maximum Gasteiger partial charge on any atom is 0.0897 e. The van der Waals surface area contributed by atoms with E-state index in [1.165, 1.54) is 6.42 Å². The first-order valence-electron chi connectivity index (χ1n) is 6.52. The quantitative estimate of drug-likeness (QED) is 0.815. The molecule has 1 aliphatic rings. The number of nitrogens with zero attached hydrogens (tertiary/aromatic N) is 1. The van der Waals surface area contributed by atoms with Crippen LogP contribution in [0.1, 0.15) is 56.7 Å². The monoisotopic (exact) mass is 253 g/mol. The van der Waals surface area contributed by atoms with Gasteiger partial charge < -0.3 is 5.11 Å². The van der Waals surface area contributed by atoms with Crippen LogP contribution in [0.5, 0.6) is 0 Å². The number of thiazole rings is 1. The summed E-state index contributed by atoms with van der Waals surface area (Å²) in [7, 11) is 0. The van der Waals surface area contributed by atoms with Crippen LogP contribution in [-0.4, -0.2) is 15.7 Å².